The second kappa shape index (κ2) is 13.4. The molecule has 0 aromatic heterocycles. The van der Waals surface area contributed by atoms with Gasteiger partial charge in [-0.05, 0) is 17.7 Å². The van der Waals surface area contributed by atoms with Crippen molar-refractivity contribution >= 4 is 5.97 Å². The van der Waals surface area contributed by atoms with Gasteiger partial charge in [0.25, 0.3) is 0 Å². The van der Waals surface area contributed by atoms with Gasteiger partial charge in [-0.1, -0.05) is 18.7 Å². The van der Waals surface area contributed by atoms with Crippen molar-refractivity contribution in [2.45, 2.75) is 78.3 Å². The lowest BCUT2D eigenvalue weighted by Gasteiger charge is -2.42. The molecule has 0 unspecified atom stereocenters. The van der Waals surface area contributed by atoms with E-state index in [1.165, 1.54) is 0 Å². The van der Waals surface area contributed by atoms with Crippen molar-refractivity contribution in [2.75, 3.05) is 6.61 Å². The Hall–Kier alpha value is -3.56. The van der Waals surface area contributed by atoms with Crippen LogP contribution in [0, 0.1) is 0 Å². The summed E-state index contributed by atoms with van der Waals surface area (Å²) in [5.74, 6) is -73.6. The summed E-state index contributed by atoms with van der Waals surface area (Å²) in [4.78, 5) is 10.9. The van der Waals surface area contributed by atoms with Crippen LogP contribution >= 0.6 is 0 Å². The zero-order valence-corrected chi connectivity index (χ0v) is 23.6. The molecule has 0 saturated heterocycles. The predicted octanol–water partition coefficient (Wildman–Crippen LogP) is 9.78. The molecule has 0 aliphatic heterocycles. The summed E-state index contributed by atoms with van der Waals surface area (Å²) in [5.41, 5.74) is -0.0871. The normalized spacial score (nSPS) is 15.4. The Kier molecular flexibility index (Phi) is 12.0. The van der Waals surface area contributed by atoms with Crippen LogP contribution in [0.5, 0.6) is 5.75 Å². The zero-order valence-electron chi connectivity index (χ0n) is 23.6. The van der Waals surface area contributed by atoms with Gasteiger partial charge >= 0.3 is 77.9 Å². The fraction of sp³-hybridized carbons (Fsp3) is 0.609. The molecule has 52 heavy (non-hydrogen) atoms. The lowest BCUT2D eigenvalue weighted by molar-refractivity contribution is -0.529. The molecular weight excluding hydrogens is 815 g/mol. The Morgan fingerprint density at radius 3 is 1.15 bits per heavy atom. The summed E-state index contributed by atoms with van der Waals surface area (Å²) in [6.07, 6.45) is -32.8. The average molecular weight is 826 g/mol. The van der Waals surface area contributed by atoms with E-state index in [9.17, 15) is 115 Å². The Labute approximate surface area is 269 Å². The fourth-order valence-corrected chi connectivity index (χ4v) is 3.07. The number of ether oxygens (including phenoxy) is 3. The van der Waals surface area contributed by atoms with Gasteiger partial charge in [0.2, 0.25) is 0 Å². The summed E-state index contributed by atoms with van der Waals surface area (Å²) in [6.45, 7) is 2.51. The van der Waals surface area contributed by atoms with Crippen molar-refractivity contribution in [3.05, 3.63) is 42.5 Å². The number of benzene rings is 1. The number of carbonyl (C=O) groups excluding carboxylic acids is 1. The van der Waals surface area contributed by atoms with Gasteiger partial charge in [0.15, 0.2) is 0 Å². The number of alkyl halides is 25. The molecule has 1 aromatic rings. The smallest absolute Gasteiger partial charge is 0.462 e. The van der Waals surface area contributed by atoms with E-state index in [2.05, 4.69) is 16.1 Å². The van der Waals surface area contributed by atoms with Crippen molar-refractivity contribution in [3.8, 4) is 5.75 Å². The minimum atomic E-state index is -9.11. The van der Waals surface area contributed by atoms with Crippen LogP contribution in [0.15, 0.2) is 36.9 Å². The number of hydrogen-bond donors (Lipinski definition) is 0. The highest BCUT2D eigenvalue weighted by Gasteiger charge is 2.95. The fourth-order valence-electron chi connectivity index (χ4n) is 3.07. The molecule has 0 spiro atoms. The summed E-state index contributed by atoms with van der Waals surface area (Å²) in [7, 11) is 0. The summed E-state index contributed by atoms with van der Waals surface area (Å²) < 4.78 is 345. The molecule has 4 nitrogen and oxygen atoms in total. The predicted molar refractivity (Wildman–Crippen MR) is 113 cm³/mol. The molecule has 1 rings (SSSR count). The van der Waals surface area contributed by atoms with Crippen LogP contribution in [0.2, 0.25) is 0 Å². The molecule has 0 aliphatic carbocycles. The van der Waals surface area contributed by atoms with Gasteiger partial charge in [0.1, 0.15) is 5.75 Å². The van der Waals surface area contributed by atoms with Gasteiger partial charge in [-0.15, -0.1) is 0 Å². The monoisotopic (exact) mass is 826 g/mol. The van der Waals surface area contributed by atoms with Crippen LogP contribution < -0.4 is 4.74 Å². The van der Waals surface area contributed by atoms with E-state index in [1.54, 1.807) is 0 Å². The third-order valence-corrected chi connectivity index (χ3v) is 6.05. The standard InChI is InChI=1S/C23H11F25O4/c1-2-11(49)50-8-7-9-3-5-10(6-4-9)51-21(43,44)17(34,35)14(28,29)15(30,31)19(38,39)23(47,48)52-22(45,46)18(36,37)13(26,27)12(24,25)16(32,33)20(40,41)42/h2-6H,1,7-8H2. The van der Waals surface area contributed by atoms with Crippen molar-refractivity contribution in [1.82, 2.24) is 0 Å². The van der Waals surface area contributed by atoms with Crippen LogP contribution in [0.25, 0.3) is 0 Å². The van der Waals surface area contributed by atoms with Gasteiger partial charge in [0.05, 0.1) is 6.61 Å². The molecule has 302 valence electrons. The van der Waals surface area contributed by atoms with Crippen molar-refractivity contribution in [3.63, 3.8) is 0 Å². The molecule has 0 saturated carbocycles. The van der Waals surface area contributed by atoms with E-state index >= 15 is 0 Å². The Morgan fingerprint density at radius 2 is 0.827 bits per heavy atom. The molecule has 1 aromatic carbocycles. The molecule has 0 N–H and O–H groups in total. The van der Waals surface area contributed by atoms with Crippen LogP contribution in [0.1, 0.15) is 5.56 Å². The van der Waals surface area contributed by atoms with Crippen molar-refractivity contribution in [1.29, 1.82) is 0 Å². The van der Waals surface area contributed by atoms with Gasteiger partial charge in [-0.3, -0.25) is 0 Å². The minimum Gasteiger partial charge on any atom is -0.462 e. The van der Waals surface area contributed by atoms with E-state index in [0.717, 1.165) is 4.74 Å². The van der Waals surface area contributed by atoms with Gasteiger partial charge in [-0.25, -0.2) is 9.53 Å². The molecule has 0 amide bonds. The Morgan fingerprint density at radius 1 is 0.500 bits per heavy atom. The zero-order chi connectivity index (χ0) is 41.8. The molecule has 0 bridgehead atoms. The molecular formula is C23H11F25O4. The highest BCUT2D eigenvalue weighted by atomic mass is 19.4. The first kappa shape index (κ1) is 46.5. The molecule has 29 heteroatoms. The lowest BCUT2D eigenvalue weighted by Crippen LogP contribution is -2.74. The van der Waals surface area contributed by atoms with Gasteiger partial charge in [0, 0.05) is 12.5 Å². The topological polar surface area (TPSA) is 44.8 Å². The van der Waals surface area contributed by atoms with E-state index in [0.29, 0.717) is 18.2 Å². The molecule has 0 atom stereocenters. The maximum Gasteiger partial charge on any atom is 0.471 e. The maximum atomic E-state index is 14.1. The van der Waals surface area contributed by atoms with Crippen LogP contribution in [-0.4, -0.2) is 84.5 Å². The first-order valence-corrected chi connectivity index (χ1v) is 12.1. The largest absolute Gasteiger partial charge is 0.471 e. The summed E-state index contributed by atoms with van der Waals surface area (Å²) >= 11 is 0. The number of rotatable bonds is 17. The average Bonchev–Trinajstić information content (AvgIpc) is 2.95. The Bertz CT molecular complexity index is 1430. The van der Waals surface area contributed by atoms with Crippen LogP contribution in [0.4, 0.5) is 110 Å². The second-order valence-electron chi connectivity index (χ2n) is 9.61. The van der Waals surface area contributed by atoms with Gasteiger partial charge in [-0.2, -0.15) is 110 Å². The molecule has 0 heterocycles. The Balaban J connectivity index is 3.53. The number of halogens is 25. The summed E-state index contributed by atoms with van der Waals surface area (Å²) in [6, 6.07) is 1.44. The van der Waals surface area contributed by atoms with E-state index < -0.39 is 90.2 Å². The van der Waals surface area contributed by atoms with Crippen molar-refractivity contribution in [2.24, 2.45) is 0 Å². The first-order chi connectivity index (χ1) is 22.6. The highest BCUT2D eigenvalue weighted by Crippen LogP contribution is 2.64. The van der Waals surface area contributed by atoms with E-state index in [1.807, 2.05) is 0 Å². The number of hydrogen-bond acceptors (Lipinski definition) is 4. The van der Waals surface area contributed by atoms with Crippen molar-refractivity contribution < 1.29 is 129 Å². The van der Waals surface area contributed by atoms with E-state index in [4.69, 9.17) is 0 Å². The minimum absolute atomic E-state index is 0.0871. The third-order valence-electron chi connectivity index (χ3n) is 6.05. The van der Waals surface area contributed by atoms with Crippen LogP contribution in [-0.2, 0) is 20.7 Å². The first-order valence-electron chi connectivity index (χ1n) is 12.1. The van der Waals surface area contributed by atoms with Gasteiger partial charge < -0.3 is 9.47 Å². The molecule has 0 fully saturated rings. The third kappa shape index (κ3) is 7.20. The second-order valence-corrected chi connectivity index (χ2v) is 9.61. The molecule has 0 aliphatic rings. The SMILES string of the molecule is C=CC(=O)OCCc1ccc(OC(F)(F)C(F)(F)C(F)(F)C(F)(F)C(F)(F)C(F)(F)OC(F)(F)C(F)(F)C(F)(F)C(F)(F)C(F)(F)C(F)(F)F)cc1. The van der Waals surface area contributed by atoms with E-state index in [-0.39, 0.29) is 24.1 Å². The quantitative estimate of drug-likeness (QED) is 0.0892. The lowest BCUT2D eigenvalue weighted by atomic mass is 9.96. The highest BCUT2D eigenvalue weighted by molar-refractivity contribution is 5.81. The summed E-state index contributed by atoms with van der Waals surface area (Å²) in [5, 5.41) is 0. The number of carbonyl (C=O) groups is 1. The molecule has 0 radical (unpaired) electrons. The number of esters is 1. The maximum absolute atomic E-state index is 14.1. The van der Waals surface area contributed by atoms with Crippen LogP contribution in [0.3, 0.4) is 0 Å².